The molecule has 0 aromatic heterocycles. The zero-order chi connectivity index (χ0) is 24.9. The molecule has 186 valence electrons. The van der Waals surface area contributed by atoms with Crippen molar-refractivity contribution < 1.29 is 18.8 Å². The number of carbonyl (C=O) groups is 3. The van der Waals surface area contributed by atoms with Gasteiger partial charge in [0, 0.05) is 55.7 Å². The minimum Gasteiger partial charge on any atom is -0.369 e. The number of anilines is 2. The summed E-state index contributed by atoms with van der Waals surface area (Å²) in [6.45, 7) is 5.52. The number of piperazine rings is 2. The molecule has 0 spiro atoms. The number of rotatable bonds is 6. The monoisotopic (exact) mass is 501 g/mol. The Balaban J connectivity index is 1.32. The van der Waals surface area contributed by atoms with Gasteiger partial charge in [-0.05, 0) is 48.9 Å². The molecule has 10 heteroatoms. The first-order chi connectivity index (χ1) is 16.8. The number of nitrogens with zero attached hydrogens (tertiary/aromatic N) is 3. The van der Waals surface area contributed by atoms with Crippen molar-refractivity contribution >= 4 is 40.7 Å². The van der Waals surface area contributed by atoms with Gasteiger partial charge in [0.2, 0.25) is 17.7 Å². The molecule has 4 rings (SSSR count). The predicted octanol–water partition coefficient (Wildman–Crippen LogP) is 2.27. The van der Waals surface area contributed by atoms with Crippen LogP contribution in [0, 0.1) is 12.7 Å². The van der Waals surface area contributed by atoms with Gasteiger partial charge in [-0.15, -0.1) is 0 Å². The highest BCUT2D eigenvalue weighted by molar-refractivity contribution is 6.31. The first kappa shape index (κ1) is 24.9. The number of hydrogen-bond donors (Lipinski definition) is 2. The Morgan fingerprint density at radius 1 is 1.09 bits per heavy atom. The van der Waals surface area contributed by atoms with Crippen LogP contribution >= 0.6 is 11.6 Å². The Labute approximate surface area is 209 Å². The number of nitrogens with one attached hydrogen (secondary N) is 2. The summed E-state index contributed by atoms with van der Waals surface area (Å²) in [6.07, 6.45) is -0.137. The lowest BCUT2D eigenvalue weighted by atomic mass is 10.1. The lowest BCUT2D eigenvalue weighted by Crippen LogP contribution is -2.60. The van der Waals surface area contributed by atoms with Crippen molar-refractivity contribution in [2.75, 3.05) is 56.0 Å². The summed E-state index contributed by atoms with van der Waals surface area (Å²) >= 11 is 6.13. The minimum atomic E-state index is -0.863. The van der Waals surface area contributed by atoms with Crippen LogP contribution in [0.5, 0.6) is 0 Å². The van der Waals surface area contributed by atoms with Gasteiger partial charge >= 0.3 is 0 Å². The number of hydrogen-bond acceptors (Lipinski definition) is 5. The summed E-state index contributed by atoms with van der Waals surface area (Å²) in [4.78, 5) is 44.1. The van der Waals surface area contributed by atoms with Crippen molar-refractivity contribution in [2.24, 2.45) is 0 Å². The zero-order valence-corrected chi connectivity index (χ0v) is 20.4. The summed E-state index contributed by atoms with van der Waals surface area (Å²) in [5, 5.41) is 6.05. The van der Waals surface area contributed by atoms with Crippen LogP contribution in [0.4, 0.5) is 15.8 Å². The van der Waals surface area contributed by atoms with Gasteiger partial charge in [0.1, 0.15) is 11.9 Å². The molecule has 2 aliphatic heterocycles. The third-order valence-corrected chi connectivity index (χ3v) is 6.82. The van der Waals surface area contributed by atoms with E-state index in [1.165, 1.54) is 17.0 Å². The molecule has 2 aliphatic rings. The Morgan fingerprint density at radius 2 is 1.80 bits per heavy atom. The summed E-state index contributed by atoms with van der Waals surface area (Å²) in [7, 11) is 0. The van der Waals surface area contributed by atoms with Gasteiger partial charge in [-0.1, -0.05) is 17.7 Å². The molecule has 2 aromatic rings. The molecule has 3 amide bonds. The van der Waals surface area contributed by atoms with E-state index in [9.17, 15) is 18.8 Å². The maximum Gasteiger partial charge on any atom is 0.243 e. The molecule has 0 saturated carbocycles. The van der Waals surface area contributed by atoms with Crippen LogP contribution in [0.3, 0.4) is 0 Å². The molecule has 0 unspecified atom stereocenters. The molecular formula is C25H29ClFN5O3. The van der Waals surface area contributed by atoms with Gasteiger partial charge in [0.15, 0.2) is 0 Å². The topological polar surface area (TPSA) is 85.0 Å². The van der Waals surface area contributed by atoms with Crippen molar-refractivity contribution in [3.05, 3.63) is 58.9 Å². The van der Waals surface area contributed by atoms with Crippen molar-refractivity contribution in [3.8, 4) is 0 Å². The van der Waals surface area contributed by atoms with E-state index in [1.807, 2.05) is 11.8 Å². The van der Waals surface area contributed by atoms with Gasteiger partial charge < -0.3 is 20.4 Å². The largest absolute Gasteiger partial charge is 0.369 e. The van der Waals surface area contributed by atoms with Crippen molar-refractivity contribution in [2.45, 2.75) is 19.4 Å². The van der Waals surface area contributed by atoms with Crippen molar-refractivity contribution in [1.29, 1.82) is 0 Å². The van der Waals surface area contributed by atoms with E-state index in [-0.39, 0.29) is 36.5 Å². The summed E-state index contributed by atoms with van der Waals surface area (Å²) in [5.74, 6) is -1.14. The lowest BCUT2D eigenvalue weighted by molar-refractivity contribution is -0.145. The van der Waals surface area contributed by atoms with Crippen LogP contribution in [0.1, 0.15) is 12.0 Å². The van der Waals surface area contributed by atoms with Crippen LogP contribution in [-0.2, 0) is 14.4 Å². The molecule has 0 bridgehead atoms. The van der Waals surface area contributed by atoms with E-state index < -0.39 is 6.04 Å². The number of amides is 3. The molecule has 2 heterocycles. The third-order valence-electron chi connectivity index (χ3n) is 6.41. The summed E-state index contributed by atoms with van der Waals surface area (Å²) in [6, 6.07) is 10.7. The third kappa shape index (κ3) is 6.29. The molecule has 35 heavy (non-hydrogen) atoms. The molecular weight excluding hydrogens is 473 g/mol. The fourth-order valence-electron chi connectivity index (χ4n) is 4.37. The highest BCUT2D eigenvalue weighted by atomic mass is 35.5. The predicted molar refractivity (Wildman–Crippen MR) is 133 cm³/mol. The Morgan fingerprint density at radius 3 is 2.49 bits per heavy atom. The minimum absolute atomic E-state index is 0.137. The maximum atomic E-state index is 13.2. The van der Waals surface area contributed by atoms with Gasteiger partial charge in [0.05, 0.1) is 13.0 Å². The van der Waals surface area contributed by atoms with Gasteiger partial charge in [-0.2, -0.15) is 0 Å². The molecule has 2 aromatic carbocycles. The fourth-order valence-corrected chi connectivity index (χ4v) is 4.55. The zero-order valence-electron chi connectivity index (χ0n) is 19.6. The Hall–Kier alpha value is -3.17. The van der Waals surface area contributed by atoms with Crippen LogP contribution < -0.4 is 15.5 Å². The van der Waals surface area contributed by atoms with E-state index in [1.54, 1.807) is 30.3 Å². The molecule has 1 atom stereocenters. The summed E-state index contributed by atoms with van der Waals surface area (Å²) < 4.78 is 13.2. The van der Waals surface area contributed by atoms with Gasteiger partial charge in [-0.3, -0.25) is 19.3 Å². The smallest absolute Gasteiger partial charge is 0.243 e. The number of aryl methyl sites for hydroxylation is 1. The van der Waals surface area contributed by atoms with Crippen LogP contribution in [-0.4, -0.2) is 79.4 Å². The molecule has 0 radical (unpaired) electrons. The molecule has 8 nitrogen and oxygen atoms in total. The standard InChI is InChI=1S/C25H29ClFN5O3/c1-17-2-5-19(14-21(17)26)29-23(33)15-22-25(35)28-8-9-32(22)24(34)16-30-10-12-31(13-11-30)20-6-3-18(27)4-7-20/h2-7,14,22H,8-13,15-16H2,1H3,(H,28,35)(H,29,33)/t22-/m1/s1. The van der Waals surface area contributed by atoms with E-state index in [0.29, 0.717) is 50.0 Å². The SMILES string of the molecule is Cc1ccc(NC(=O)C[C@@H]2C(=O)NCCN2C(=O)CN2CCN(c3ccc(F)cc3)CC2)cc1Cl. The van der Waals surface area contributed by atoms with Gasteiger partial charge in [0.25, 0.3) is 0 Å². The molecule has 2 N–H and O–H groups in total. The molecule has 0 aliphatic carbocycles. The Kier molecular flexibility index (Phi) is 7.87. The number of carbonyl (C=O) groups excluding carboxylic acids is 3. The lowest BCUT2D eigenvalue weighted by Gasteiger charge is -2.39. The van der Waals surface area contributed by atoms with E-state index in [4.69, 9.17) is 11.6 Å². The Bertz CT molecular complexity index is 1090. The molecule has 2 saturated heterocycles. The fraction of sp³-hybridized carbons (Fsp3) is 0.400. The highest BCUT2D eigenvalue weighted by Crippen LogP contribution is 2.21. The quantitative estimate of drug-likeness (QED) is 0.634. The normalized spacial score (nSPS) is 18.8. The first-order valence-corrected chi connectivity index (χ1v) is 12.0. The van der Waals surface area contributed by atoms with Crippen LogP contribution in [0.2, 0.25) is 5.02 Å². The second-order valence-electron chi connectivity index (χ2n) is 8.85. The maximum absolute atomic E-state index is 13.2. The number of halogens is 2. The van der Waals surface area contributed by atoms with Crippen molar-refractivity contribution in [3.63, 3.8) is 0 Å². The van der Waals surface area contributed by atoms with Gasteiger partial charge in [-0.25, -0.2) is 4.39 Å². The second kappa shape index (κ2) is 11.0. The number of benzene rings is 2. The van der Waals surface area contributed by atoms with E-state index >= 15 is 0 Å². The first-order valence-electron chi connectivity index (χ1n) is 11.7. The highest BCUT2D eigenvalue weighted by Gasteiger charge is 2.35. The average Bonchev–Trinajstić information content (AvgIpc) is 2.84. The summed E-state index contributed by atoms with van der Waals surface area (Å²) in [5.41, 5.74) is 2.39. The second-order valence-corrected chi connectivity index (χ2v) is 9.26. The van der Waals surface area contributed by atoms with Crippen molar-refractivity contribution in [1.82, 2.24) is 15.1 Å². The average molecular weight is 502 g/mol. The molecule has 2 fully saturated rings. The van der Waals surface area contributed by atoms with Crippen LogP contribution in [0.25, 0.3) is 0 Å². The van der Waals surface area contributed by atoms with Crippen LogP contribution in [0.15, 0.2) is 42.5 Å². The van der Waals surface area contributed by atoms with E-state index in [0.717, 1.165) is 11.3 Å². The van der Waals surface area contributed by atoms with E-state index in [2.05, 4.69) is 15.5 Å².